The number of hydrogen-bond acceptors (Lipinski definition) is 2. The van der Waals surface area contributed by atoms with Gasteiger partial charge in [0.25, 0.3) is 0 Å². The molecule has 3 nitrogen and oxygen atoms in total. The third-order valence-corrected chi connectivity index (χ3v) is 1.46. The van der Waals surface area contributed by atoms with Crippen LogP contribution >= 0.6 is 0 Å². The normalized spacial score (nSPS) is 11.7. The predicted octanol–water partition coefficient (Wildman–Crippen LogP) is 1.45. The number of aliphatic imine (C=N–C) groups is 1. The van der Waals surface area contributed by atoms with E-state index in [1.54, 1.807) is 0 Å². The summed E-state index contributed by atoms with van der Waals surface area (Å²) in [6.07, 6.45) is 4.41. The topological polar surface area (TPSA) is 50.4 Å². The van der Waals surface area contributed by atoms with Crippen LogP contribution in [0.2, 0.25) is 0 Å². The Morgan fingerprint density at radius 3 is 2.55 bits per heavy atom. The molecular formula is C8H19N3. The minimum absolute atomic E-state index is 0.878. The Kier molecular flexibility index (Phi) is 7.15. The highest BCUT2D eigenvalue weighted by Gasteiger charge is 1.93. The summed E-state index contributed by atoms with van der Waals surface area (Å²) in [6.45, 7) is 5.15. The zero-order valence-corrected chi connectivity index (χ0v) is 7.56. The van der Waals surface area contributed by atoms with E-state index in [4.69, 9.17) is 5.84 Å². The van der Waals surface area contributed by atoms with Crippen molar-refractivity contribution in [3.63, 3.8) is 0 Å². The van der Waals surface area contributed by atoms with Crippen LogP contribution in [0.5, 0.6) is 0 Å². The first-order valence-corrected chi connectivity index (χ1v) is 4.35. The molecule has 0 heterocycles. The average molecular weight is 157 g/mol. The van der Waals surface area contributed by atoms with Gasteiger partial charge in [0.15, 0.2) is 0 Å². The lowest BCUT2D eigenvalue weighted by Crippen LogP contribution is -2.30. The zero-order chi connectivity index (χ0) is 8.53. The molecule has 0 saturated heterocycles. The molecule has 0 saturated carbocycles. The van der Waals surface area contributed by atoms with E-state index in [0.717, 1.165) is 31.6 Å². The molecule has 0 spiro atoms. The zero-order valence-electron chi connectivity index (χ0n) is 7.56. The summed E-state index contributed by atoms with van der Waals surface area (Å²) < 4.78 is 0. The van der Waals surface area contributed by atoms with Crippen LogP contribution in [0.15, 0.2) is 4.99 Å². The Bertz CT molecular complexity index is 110. The highest BCUT2D eigenvalue weighted by atomic mass is 15.2. The number of nitrogens with one attached hydrogen (secondary N) is 1. The van der Waals surface area contributed by atoms with E-state index in [2.05, 4.69) is 24.3 Å². The van der Waals surface area contributed by atoms with Gasteiger partial charge in [-0.3, -0.25) is 4.99 Å². The fourth-order valence-electron chi connectivity index (χ4n) is 0.788. The Balaban J connectivity index is 3.55. The summed E-state index contributed by atoms with van der Waals surface area (Å²) in [5, 5.41) is 0. The van der Waals surface area contributed by atoms with Crippen LogP contribution in [0.4, 0.5) is 0 Å². The standard InChI is InChI=1S/C8H19N3/c1-3-5-6-8(11-9)10-7-4-2/h3-7,9H2,1-2H3,(H,10,11). The van der Waals surface area contributed by atoms with Crippen LogP contribution < -0.4 is 11.3 Å². The van der Waals surface area contributed by atoms with Crippen molar-refractivity contribution < 1.29 is 0 Å². The SMILES string of the molecule is CCCCC(=NCCC)NN. The van der Waals surface area contributed by atoms with Crippen molar-refractivity contribution >= 4 is 5.84 Å². The van der Waals surface area contributed by atoms with Crippen LogP contribution in [0.25, 0.3) is 0 Å². The maximum Gasteiger partial charge on any atom is 0.110 e. The second-order valence-corrected chi connectivity index (χ2v) is 2.58. The largest absolute Gasteiger partial charge is 0.312 e. The quantitative estimate of drug-likeness (QED) is 0.275. The number of nitrogens with zero attached hydrogens (tertiary/aromatic N) is 1. The van der Waals surface area contributed by atoms with Crippen LogP contribution in [0, 0.1) is 0 Å². The van der Waals surface area contributed by atoms with Crippen LogP contribution in [0.1, 0.15) is 39.5 Å². The van der Waals surface area contributed by atoms with Crippen molar-refractivity contribution in [3.05, 3.63) is 0 Å². The fraction of sp³-hybridized carbons (Fsp3) is 0.875. The monoisotopic (exact) mass is 157 g/mol. The molecule has 0 fully saturated rings. The highest BCUT2D eigenvalue weighted by Crippen LogP contribution is 1.94. The van der Waals surface area contributed by atoms with Crippen molar-refractivity contribution in [1.82, 2.24) is 5.43 Å². The summed E-state index contributed by atoms with van der Waals surface area (Å²) in [5.74, 6) is 6.21. The number of amidine groups is 1. The number of hydrogen-bond donors (Lipinski definition) is 2. The van der Waals surface area contributed by atoms with Crippen LogP contribution in [-0.2, 0) is 0 Å². The van der Waals surface area contributed by atoms with Crippen molar-refractivity contribution in [2.24, 2.45) is 10.8 Å². The molecule has 11 heavy (non-hydrogen) atoms. The molecule has 0 aliphatic heterocycles. The summed E-state index contributed by atoms with van der Waals surface area (Å²) in [6, 6.07) is 0. The number of rotatable bonds is 5. The molecule has 0 atom stereocenters. The number of hydrazine groups is 1. The molecule has 66 valence electrons. The maximum atomic E-state index is 5.27. The fourth-order valence-corrected chi connectivity index (χ4v) is 0.788. The number of nitrogens with two attached hydrogens (primary N) is 1. The van der Waals surface area contributed by atoms with Crippen molar-refractivity contribution in [2.45, 2.75) is 39.5 Å². The molecule has 0 aromatic carbocycles. The van der Waals surface area contributed by atoms with Crippen LogP contribution in [0.3, 0.4) is 0 Å². The summed E-state index contributed by atoms with van der Waals surface area (Å²) in [5.41, 5.74) is 2.62. The molecule has 0 bridgehead atoms. The van der Waals surface area contributed by atoms with E-state index >= 15 is 0 Å². The van der Waals surface area contributed by atoms with Gasteiger partial charge in [-0.1, -0.05) is 20.3 Å². The summed E-state index contributed by atoms with van der Waals surface area (Å²) >= 11 is 0. The van der Waals surface area contributed by atoms with Gasteiger partial charge in [0.2, 0.25) is 0 Å². The van der Waals surface area contributed by atoms with Gasteiger partial charge in [-0.15, -0.1) is 0 Å². The van der Waals surface area contributed by atoms with E-state index < -0.39 is 0 Å². The van der Waals surface area contributed by atoms with Crippen LogP contribution in [-0.4, -0.2) is 12.4 Å². The molecule has 0 aromatic rings. The molecule has 3 heteroatoms. The van der Waals surface area contributed by atoms with E-state index in [9.17, 15) is 0 Å². The Morgan fingerprint density at radius 2 is 2.09 bits per heavy atom. The second kappa shape index (κ2) is 7.54. The summed E-state index contributed by atoms with van der Waals surface area (Å²) in [4.78, 5) is 4.28. The van der Waals surface area contributed by atoms with Gasteiger partial charge in [0, 0.05) is 13.0 Å². The molecule has 0 aromatic heterocycles. The molecule has 0 rings (SSSR count). The molecule has 0 amide bonds. The third kappa shape index (κ3) is 5.85. The third-order valence-electron chi connectivity index (χ3n) is 1.46. The van der Waals surface area contributed by atoms with Crippen molar-refractivity contribution in [2.75, 3.05) is 6.54 Å². The highest BCUT2D eigenvalue weighted by molar-refractivity contribution is 5.81. The first kappa shape index (κ1) is 10.4. The van der Waals surface area contributed by atoms with Gasteiger partial charge in [-0.2, -0.15) is 0 Å². The first-order valence-electron chi connectivity index (χ1n) is 4.35. The van der Waals surface area contributed by atoms with Crippen molar-refractivity contribution in [1.29, 1.82) is 0 Å². The van der Waals surface area contributed by atoms with Gasteiger partial charge in [-0.05, 0) is 12.8 Å². The molecule has 0 aliphatic carbocycles. The predicted molar refractivity (Wildman–Crippen MR) is 49.4 cm³/mol. The van der Waals surface area contributed by atoms with Gasteiger partial charge >= 0.3 is 0 Å². The lowest BCUT2D eigenvalue weighted by Gasteiger charge is -2.03. The molecular weight excluding hydrogens is 138 g/mol. The lowest BCUT2D eigenvalue weighted by atomic mass is 10.2. The van der Waals surface area contributed by atoms with E-state index in [1.807, 2.05) is 0 Å². The Hall–Kier alpha value is -0.570. The molecule has 0 unspecified atom stereocenters. The van der Waals surface area contributed by atoms with E-state index in [0.29, 0.717) is 0 Å². The number of unbranched alkanes of at least 4 members (excludes halogenated alkanes) is 1. The first-order chi connectivity index (χ1) is 5.35. The Morgan fingerprint density at radius 1 is 1.36 bits per heavy atom. The summed E-state index contributed by atoms with van der Waals surface area (Å²) in [7, 11) is 0. The average Bonchev–Trinajstić information content (AvgIpc) is 2.05. The molecule has 3 N–H and O–H groups in total. The van der Waals surface area contributed by atoms with Crippen molar-refractivity contribution in [3.8, 4) is 0 Å². The minimum atomic E-state index is 0.878. The van der Waals surface area contributed by atoms with Gasteiger partial charge in [0.05, 0.1) is 0 Å². The van der Waals surface area contributed by atoms with E-state index in [-0.39, 0.29) is 0 Å². The molecule has 0 aliphatic rings. The second-order valence-electron chi connectivity index (χ2n) is 2.58. The van der Waals surface area contributed by atoms with Gasteiger partial charge in [-0.25, -0.2) is 5.84 Å². The minimum Gasteiger partial charge on any atom is -0.312 e. The lowest BCUT2D eigenvalue weighted by molar-refractivity contribution is 0.795. The van der Waals surface area contributed by atoms with Gasteiger partial charge < -0.3 is 5.43 Å². The van der Waals surface area contributed by atoms with Gasteiger partial charge in [0.1, 0.15) is 5.84 Å². The molecule has 0 radical (unpaired) electrons. The van der Waals surface area contributed by atoms with E-state index in [1.165, 1.54) is 6.42 Å². The maximum absolute atomic E-state index is 5.27. The Labute approximate surface area is 69.0 Å². The smallest absolute Gasteiger partial charge is 0.110 e.